The van der Waals surface area contributed by atoms with Gasteiger partial charge < -0.3 is 42.6 Å². The van der Waals surface area contributed by atoms with Crippen molar-refractivity contribution in [1.82, 2.24) is 0 Å². The van der Waals surface area contributed by atoms with Crippen LogP contribution in [0.25, 0.3) is 0 Å². The van der Waals surface area contributed by atoms with Crippen LogP contribution >= 0.6 is 0 Å². The summed E-state index contributed by atoms with van der Waals surface area (Å²) >= 11 is 0. The number of ketones is 7. The molecule has 0 aromatic rings. The second-order valence-corrected chi connectivity index (χ2v) is 36.9. The fourth-order valence-electron chi connectivity index (χ4n) is 9.04. The van der Waals surface area contributed by atoms with E-state index in [1.807, 2.05) is 111 Å². The van der Waals surface area contributed by atoms with Crippen molar-refractivity contribution in [3.05, 3.63) is 0 Å². The van der Waals surface area contributed by atoms with Crippen LogP contribution in [0.4, 0.5) is 0 Å². The van der Waals surface area contributed by atoms with Gasteiger partial charge in [0.05, 0.1) is 58.8 Å². The second kappa shape index (κ2) is 93.1. The van der Waals surface area contributed by atoms with E-state index >= 15 is 0 Å². The van der Waals surface area contributed by atoms with E-state index in [1.165, 1.54) is 83.5 Å². The van der Waals surface area contributed by atoms with Crippen LogP contribution in [0.3, 0.4) is 0 Å². The zero-order valence-corrected chi connectivity index (χ0v) is 81.9. The first kappa shape index (κ1) is 127. The molecule has 0 aromatic heterocycles. The van der Waals surface area contributed by atoms with E-state index in [9.17, 15) is 38.4 Å². The highest BCUT2D eigenvalue weighted by Gasteiger charge is 2.13. The van der Waals surface area contributed by atoms with Crippen LogP contribution < -0.4 is 0 Å². The average Bonchev–Trinajstić information content (AvgIpc) is 1.06. The molecular weight excluding hydrogens is 1450 g/mol. The Morgan fingerprint density at radius 1 is 0.165 bits per heavy atom. The first-order valence-electron chi connectivity index (χ1n) is 46.3. The van der Waals surface area contributed by atoms with Crippen molar-refractivity contribution in [3.63, 3.8) is 0 Å². The predicted molar refractivity (Wildman–Crippen MR) is 485 cm³/mol. The van der Waals surface area contributed by atoms with Gasteiger partial charge in [0.1, 0.15) is 43.0 Å². The molecule has 0 aromatic carbocycles. The minimum atomic E-state index is -0.0751. The van der Waals surface area contributed by atoms with Crippen molar-refractivity contribution in [2.45, 2.75) is 382 Å². The lowest BCUT2D eigenvalue weighted by Gasteiger charge is -2.07. The molecule has 0 saturated heterocycles. The maximum atomic E-state index is 11.3. The van der Waals surface area contributed by atoms with E-state index in [0.717, 1.165) is 127 Å². The minimum absolute atomic E-state index is 0.00524. The quantitative estimate of drug-likeness (QED) is 0.0408. The molecule has 0 fully saturated rings. The lowest BCUT2D eigenvalue weighted by Crippen LogP contribution is -2.17. The SMILES string of the molecule is CC(C)CCCCC(=O)C(C)C.CC(C)CCCCCOC(=O)C(C)C.CC(C)CCCCCOCC(=O)C(C)C.CC(C)CCCCCOCCC(=O)C(C)C.CC(C)CCCCOCC(=O)C(C)C.CC(C)CCOCCC(=O)C(C)C.CC(C)CCOCCOCC(=O)C(C)C.CC(C)CCOCCOCCC(=O)C(C)C. The monoisotopic (exact) mass is 1650 g/mol. The molecule has 0 N–H and O–H groups in total. The number of carbonyl (C=O) groups is 8. The third kappa shape index (κ3) is 122. The van der Waals surface area contributed by atoms with E-state index in [0.29, 0.717) is 120 Å². The lowest BCUT2D eigenvalue weighted by atomic mass is 10.0. The molecule has 0 unspecified atom stereocenters. The molecular formula is C98H196O17. The standard InChI is InChI=1S/C14H28O2.C13H26O3.C13H26O2.C12H24O3.2C12H24O2.C11H22O2.C11H22O/c1-12(2)8-6-5-7-10-16-11-9-14(15)13(3)4;1-11(2)5-7-15-9-10-16-8-6-13(14)12(3)4;1-11(2)8-6-5-7-9-15-10-13(14)12(3)4;1-10(2)5-6-14-7-8-15-9-12(13)11(3)4;1-10(2)7-5-6-8-14-9-12(13)11(3)4;1-10(2)8-6-5-7-9-14-12(13)11(3)4;1-9(2)5-7-13-8-6-11(12)10(3)4;1-9(2)7-5-6-8-11(12)10(3)4/h12-13H,5-11H2,1-4H3;11-12H,5-10H2,1-4H3;11-12H,5-10H2,1-4H3;10-11H,5-9H2,1-4H3;2*10-11H,5-9H2,1-4H3;9-10H,5-8H2,1-4H3;9-10H,5-8H2,1-4H3. The normalized spacial score (nSPS) is 11.3. The molecule has 115 heavy (non-hydrogen) atoms. The largest absolute Gasteiger partial charge is 0.465 e. The van der Waals surface area contributed by atoms with Gasteiger partial charge in [-0.3, -0.25) is 38.4 Å². The highest BCUT2D eigenvalue weighted by Crippen LogP contribution is 2.14. The summed E-state index contributed by atoms with van der Waals surface area (Å²) in [6, 6.07) is 0. The Kier molecular flexibility index (Phi) is 103. The van der Waals surface area contributed by atoms with Crippen LogP contribution in [0.5, 0.6) is 0 Å². The second-order valence-electron chi connectivity index (χ2n) is 36.9. The van der Waals surface area contributed by atoms with Crippen molar-refractivity contribution < 1.29 is 81.0 Å². The fourth-order valence-corrected chi connectivity index (χ4v) is 9.04. The van der Waals surface area contributed by atoms with E-state index in [2.05, 4.69) is 111 Å². The Morgan fingerprint density at radius 2 is 0.365 bits per heavy atom. The fraction of sp³-hybridized carbons (Fsp3) is 0.918. The summed E-state index contributed by atoms with van der Waals surface area (Å²) < 4.78 is 47.7. The van der Waals surface area contributed by atoms with Gasteiger partial charge in [0, 0.05) is 107 Å². The van der Waals surface area contributed by atoms with Gasteiger partial charge in [-0.1, -0.05) is 305 Å². The molecule has 17 heteroatoms. The molecule has 0 heterocycles. The Hall–Kier alpha value is -3.16. The number of unbranched alkanes of at least 4 members (excludes halogenated alkanes) is 8. The van der Waals surface area contributed by atoms with Crippen molar-refractivity contribution in [1.29, 1.82) is 0 Å². The zero-order chi connectivity index (χ0) is 89.9. The highest BCUT2D eigenvalue weighted by atomic mass is 16.5. The third-order valence-electron chi connectivity index (χ3n) is 18.0. The van der Waals surface area contributed by atoms with Crippen molar-refractivity contribution in [3.8, 4) is 0 Å². The van der Waals surface area contributed by atoms with E-state index in [4.69, 9.17) is 42.6 Å². The van der Waals surface area contributed by atoms with Gasteiger partial charge >= 0.3 is 5.97 Å². The lowest BCUT2D eigenvalue weighted by molar-refractivity contribution is -0.147. The summed E-state index contributed by atoms with van der Waals surface area (Å²) in [5.74, 6) is 8.66. The first-order valence-corrected chi connectivity index (χ1v) is 46.3. The summed E-state index contributed by atoms with van der Waals surface area (Å²) in [6.45, 7) is 76.1. The number of ether oxygens (including phenoxy) is 9. The summed E-state index contributed by atoms with van der Waals surface area (Å²) in [6.07, 6.45) is 27.3. The molecule has 0 aliphatic heterocycles. The van der Waals surface area contributed by atoms with E-state index in [-0.39, 0.29) is 83.1 Å². The number of rotatable bonds is 66. The molecule has 0 bridgehead atoms. The summed E-state index contributed by atoms with van der Waals surface area (Å²) in [5, 5.41) is 0. The molecule has 0 atom stereocenters. The third-order valence-corrected chi connectivity index (χ3v) is 18.0. The average molecular weight is 1650 g/mol. The topological polar surface area (TPSA) is 220 Å². The Morgan fingerprint density at radius 3 is 0.635 bits per heavy atom. The Bertz CT molecular complexity index is 2010. The van der Waals surface area contributed by atoms with E-state index < -0.39 is 0 Å². The van der Waals surface area contributed by atoms with Gasteiger partial charge in [0.15, 0.2) is 17.3 Å². The van der Waals surface area contributed by atoms with Crippen LogP contribution in [-0.2, 0) is 81.0 Å². The van der Waals surface area contributed by atoms with Crippen LogP contribution in [0.1, 0.15) is 382 Å². The molecule has 690 valence electrons. The maximum absolute atomic E-state index is 11.3. The Labute approximate surface area is 712 Å². The van der Waals surface area contributed by atoms with Crippen LogP contribution in [0.15, 0.2) is 0 Å². The zero-order valence-electron chi connectivity index (χ0n) is 81.9. The molecule has 0 rings (SSSR count). The summed E-state index contributed by atoms with van der Waals surface area (Å²) in [4.78, 5) is 89.4. The van der Waals surface area contributed by atoms with Crippen molar-refractivity contribution >= 4 is 46.5 Å². The molecule has 0 radical (unpaired) electrons. The van der Waals surface area contributed by atoms with Crippen LogP contribution in [0.2, 0.25) is 0 Å². The first-order chi connectivity index (χ1) is 53.8. The molecule has 0 aliphatic carbocycles. The Balaban J connectivity index is -0.000000190. The molecule has 0 amide bonds. The van der Waals surface area contributed by atoms with Gasteiger partial charge in [0.2, 0.25) is 0 Å². The number of hydrogen-bond donors (Lipinski definition) is 0. The summed E-state index contributed by atoms with van der Waals surface area (Å²) in [5.41, 5.74) is 0. The number of esters is 1. The van der Waals surface area contributed by atoms with Gasteiger partial charge in [-0.25, -0.2) is 0 Å². The molecule has 0 aliphatic rings. The highest BCUT2D eigenvalue weighted by molar-refractivity contribution is 5.83. The number of hydrogen-bond acceptors (Lipinski definition) is 17. The molecule has 17 nitrogen and oxygen atoms in total. The minimum Gasteiger partial charge on any atom is -0.465 e. The van der Waals surface area contributed by atoms with Crippen molar-refractivity contribution in [2.24, 2.45) is 94.7 Å². The summed E-state index contributed by atoms with van der Waals surface area (Å²) in [7, 11) is 0. The van der Waals surface area contributed by atoms with Crippen LogP contribution in [-0.4, -0.2) is 159 Å². The van der Waals surface area contributed by atoms with Gasteiger partial charge in [-0.2, -0.15) is 0 Å². The van der Waals surface area contributed by atoms with Crippen molar-refractivity contribution in [2.75, 3.05) is 112 Å². The number of Topliss-reactive ketones (excluding diaryl/α,β-unsaturated/α-hetero) is 7. The van der Waals surface area contributed by atoms with Gasteiger partial charge in [0.25, 0.3) is 0 Å². The predicted octanol–water partition coefficient (Wildman–Crippen LogP) is 24.8. The van der Waals surface area contributed by atoms with E-state index in [1.54, 1.807) is 0 Å². The maximum Gasteiger partial charge on any atom is 0.308 e. The smallest absolute Gasteiger partial charge is 0.308 e. The molecule has 0 spiro atoms. The van der Waals surface area contributed by atoms with Crippen LogP contribution in [0, 0.1) is 94.7 Å². The number of carbonyl (C=O) groups excluding carboxylic acids is 8. The molecule has 0 saturated carbocycles. The van der Waals surface area contributed by atoms with Gasteiger partial charge in [-0.05, 0) is 98.7 Å². The van der Waals surface area contributed by atoms with Gasteiger partial charge in [-0.15, -0.1) is 0 Å².